The molecule has 2 fully saturated rings. The van der Waals surface area contributed by atoms with Gasteiger partial charge in [0.05, 0.1) is 11.9 Å². The summed E-state index contributed by atoms with van der Waals surface area (Å²) in [6.07, 6.45) is 5.51. The Kier molecular flexibility index (Phi) is 8.89. The number of guanidine groups is 1. The third kappa shape index (κ3) is 6.14. The molecule has 11 heteroatoms. The van der Waals surface area contributed by atoms with Crippen molar-refractivity contribution in [3.8, 4) is 0 Å². The Balaban J connectivity index is 0.00000306. The highest BCUT2D eigenvalue weighted by Crippen LogP contribution is 2.17. The number of aliphatic imine (C=N–C) groups is 1. The van der Waals surface area contributed by atoms with Crippen LogP contribution in [0.2, 0.25) is 0 Å². The lowest BCUT2D eigenvalue weighted by Crippen LogP contribution is -2.55. The molecule has 1 amide bonds. The molecule has 0 radical (unpaired) electrons. The number of hydrogen-bond donors (Lipinski definition) is 1. The van der Waals surface area contributed by atoms with E-state index in [2.05, 4.69) is 49.2 Å². The van der Waals surface area contributed by atoms with Gasteiger partial charge in [0.25, 0.3) is 0 Å². The van der Waals surface area contributed by atoms with Crippen molar-refractivity contribution in [3.63, 3.8) is 0 Å². The highest BCUT2D eigenvalue weighted by molar-refractivity contribution is 14.0. The quantitative estimate of drug-likeness (QED) is 0.328. The van der Waals surface area contributed by atoms with Crippen molar-refractivity contribution < 1.29 is 4.79 Å². The molecule has 0 aliphatic carbocycles. The molecule has 0 spiro atoms. The van der Waals surface area contributed by atoms with Crippen LogP contribution < -0.4 is 15.1 Å². The van der Waals surface area contributed by atoms with Gasteiger partial charge in [0, 0.05) is 72.3 Å². The number of aromatic nitrogens is 3. The number of piperazine rings is 2. The van der Waals surface area contributed by atoms with Gasteiger partial charge < -0.3 is 24.9 Å². The zero-order valence-corrected chi connectivity index (χ0v) is 22.0. The standard InChI is InChI=1S/C22H33N9O.HI/c1-4-28-7-9-29(10-8-28)20-6-5-18(13-24-20)14-25-22(23-2)30-11-12-31(21(32)17-30)19-15-26-27(3)16-19;/h5-6,13,15-16H,4,7-12,14,17H2,1-3H3,(H,23,25);1H. The molecule has 1 N–H and O–H groups in total. The maximum Gasteiger partial charge on any atom is 0.246 e. The molecule has 180 valence electrons. The lowest BCUT2D eigenvalue weighted by atomic mass is 10.2. The number of aryl methyl sites for hydroxylation is 1. The van der Waals surface area contributed by atoms with E-state index in [-0.39, 0.29) is 36.4 Å². The monoisotopic (exact) mass is 567 g/mol. The van der Waals surface area contributed by atoms with Crippen molar-refractivity contribution in [2.24, 2.45) is 12.0 Å². The lowest BCUT2D eigenvalue weighted by molar-refractivity contribution is -0.120. The van der Waals surface area contributed by atoms with E-state index in [9.17, 15) is 4.79 Å². The molecule has 0 atom stereocenters. The smallest absolute Gasteiger partial charge is 0.246 e. The molecule has 2 aromatic rings. The Hall–Kier alpha value is -2.41. The van der Waals surface area contributed by atoms with Gasteiger partial charge in [0.15, 0.2) is 5.96 Å². The second-order valence-corrected chi connectivity index (χ2v) is 8.19. The maximum atomic E-state index is 12.7. The largest absolute Gasteiger partial charge is 0.354 e. The van der Waals surface area contributed by atoms with Crippen molar-refractivity contribution in [3.05, 3.63) is 36.3 Å². The molecule has 4 rings (SSSR count). The Bertz CT molecular complexity index is 938. The minimum atomic E-state index is 0. The molecule has 0 aromatic carbocycles. The van der Waals surface area contributed by atoms with Crippen molar-refractivity contribution in [1.82, 2.24) is 29.9 Å². The third-order valence-corrected chi connectivity index (χ3v) is 6.14. The van der Waals surface area contributed by atoms with Gasteiger partial charge in [-0.1, -0.05) is 13.0 Å². The molecule has 10 nitrogen and oxygen atoms in total. The summed E-state index contributed by atoms with van der Waals surface area (Å²) in [6, 6.07) is 4.21. The molecule has 2 aliphatic heterocycles. The zero-order valence-electron chi connectivity index (χ0n) is 19.6. The fourth-order valence-electron chi connectivity index (χ4n) is 4.19. The third-order valence-electron chi connectivity index (χ3n) is 6.14. The SMILES string of the molecule is CCN1CCN(c2ccc(CNC(=NC)N3CCN(c4cnn(C)c4)C(=O)C3)cn2)CC1.I. The van der Waals surface area contributed by atoms with E-state index in [1.807, 2.05) is 24.3 Å². The van der Waals surface area contributed by atoms with Gasteiger partial charge in [-0.15, -0.1) is 24.0 Å². The first kappa shape index (κ1) is 25.2. The van der Waals surface area contributed by atoms with E-state index in [4.69, 9.17) is 0 Å². The van der Waals surface area contributed by atoms with Gasteiger partial charge in [-0.2, -0.15) is 5.10 Å². The predicted molar refractivity (Wildman–Crippen MR) is 141 cm³/mol. The molecule has 0 unspecified atom stereocenters. The number of pyridine rings is 1. The number of halogens is 1. The number of hydrogen-bond acceptors (Lipinski definition) is 6. The van der Waals surface area contributed by atoms with Gasteiger partial charge in [-0.3, -0.25) is 14.5 Å². The zero-order chi connectivity index (χ0) is 22.5. The molecule has 0 bridgehead atoms. The first-order chi connectivity index (χ1) is 15.6. The number of anilines is 2. The molecule has 2 saturated heterocycles. The number of amides is 1. The Labute approximate surface area is 212 Å². The van der Waals surface area contributed by atoms with Gasteiger partial charge in [-0.25, -0.2) is 4.98 Å². The number of nitrogens with zero attached hydrogens (tertiary/aromatic N) is 8. The first-order valence-corrected chi connectivity index (χ1v) is 11.2. The average Bonchev–Trinajstić information content (AvgIpc) is 3.26. The van der Waals surface area contributed by atoms with E-state index in [1.165, 1.54) is 0 Å². The van der Waals surface area contributed by atoms with E-state index < -0.39 is 0 Å². The number of rotatable bonds is 5. The molecule has 2 aliphatic rings. The minimum Gasteiger partial charge on any atom is -0.354 e. The van der Waals surface area contributed by atoms with Crippen molar-refractivity contribution in [2.45, 2.75) is 13.5 Å². The summed E-state index contributed by atoms with van der Waals surface area (Å²) in [5.74, 6) is 1.80. The Morgan fingerprint density at radius 3 is 2.48 bits per heavy atom. The molecular formula is C22H34IN9O. The summed E-state index contributed by atoms with van der Waals surface area (Å²) < 4.78 is 1.71. The Morgan fingerprint density at radius 1 is 1.12 bits per heavy atom. The number of carbonyl (C=O) groups is 1. The number of carbonyl (C=O) groups excluding carboxylic acids is 1. The van der Waals surface area contributed by atoms with Crippen LogP contribution in [0.4, 0.5) is 11.5 Å². The van der Waals surface area contributed by atoms with Crippen LogP contribution in [0.3, 0.4) is 0 Å². The summed E-state index contributed by atoms with van der Waals surface area (Å²) in [7, 11) is 3.60. The van der Waals surface area contributed by atoms with Crippen molar-refractivity contribution in [1.29, 1.82) is 0 Å². The van der Waals surface area contributed by atoms with Crippen LogP contribution in [-0.2, 0) is 18.4 Å². The summed E-state index contributed by atoms with van der Waals surface area (Å²) in [5.41, 5.74) is 1.92. The molecule has 4 heterocycles. The maximum absolute atomic E-state index is 12.7. The van der Waals surface area contributed by atoms with Crippen LogP contribution in [0.15, 0.2) is 35.7 Å². The summed E-state index contributed by atoms with van der Waals surface area (Å²) in [6.45, 7) is 9.74. The van der Waals surface area contributed by atoms with Gasteiger partial charge in [0.1, 0.15) is 12.4 Å². The molecular weight excluding hydrogens is 533 g/mol. The average molecular weight is 567 g/mol. The summed E-state index contributed by atoms with van der Waals surface area (Å²) in [5, 5.41) is 7.54. The lowest BCUT2D eigenvalue weighted by Gasteiger charge is -2.35. The van der Waals surface area contributed by atoms with Gasteiger partial charge >= 0.3 is 0 Å². The second-order valence-electron chi connectivity index (χ2n) is 8.19. The summed E-state index contributed by atoms with van der Waals surface area (Å²) >= 11 is 0. The van der Waals surface area contributed by atoms with E-state index >= 15 is 0 Å². The Morgan fingerprint density at radius 2 is 1.91 bits per heavy atom. The van der Waals surface area contributed by atoms with Crippen LogP contribution >= 0.6 is 24.0 Å². The van der Waals surface area contributed by atoms with E-state index in [0.717, 1.165) is 55.8 Å². The van der Waals surface area contributed by atoms with Gasteiger partial charge in [-0.05, 0) is 18.2 Å². The van der Waals surface area contributed by atoms with Crippen LogP contribution in [0.1, 0.15) is 12.5 Å². The van der Waals surface area contributed by atoms with Crippen molar-refractivity contribution in [2.75, 3.05) is 69.2 Å². The minimum absolute atomic E-state index is 0. The summed E-state index contributed by atoms with van der Waals surface area (Å²) in [4.78, 5) is 30.3. The topological polar surface area (TPSA) is 85.1 Å². The van der Waals surface area contributed by atoms with Crippen LogP contribution in [0.25, 0.3) is 0 Å². The second kappa shape index (κ2) is 11.6. The number of nitrogens with one attached hydrogen (secondary N) is 1. The predicted octanol–water partition coefficient (Wildman–Crippen LogP) is 0.999. The van der Waals surface area contributed by atoms with Crippen LogP contribution in [0, 0.1) is 0 Å². The fraction of sp³-hybridized carbons (Fsp3) is 0.545. The van der Waals surface area contributed by atoms with Crippen molar-refractivity contribution >= 4 is 47.3 Å². The normalized spacial score (nSPS) is 17.8. The van der Waals surface area contributed by atoms with Crippen LogP contribution in [-0.4, -0.2) is 95.8 Å². The van der Waals surface area contributed by atoms with E-state index in [1.54, 1.807) is 22.8 Å². The number of likely N-dealkylation sites (N-methyl/N-ethyl adjacent to an activating group) is 1. The molecule has 2 aromatic heterocycles. The highest BCUT2D eigenvalue weighted by Gasteiger charge is 2.27. The molecule has 0 saturated carbocycles. The van der Waals surface area contributed by atoms with E-state index in [0.29, 0.717) is 19.6 Å². The molecule has 33 heavy (non-hydrogen) atoms. The van der Waals surface area contributed by atoms with Crippen LogP contribution in [0.5, 0.6) is 0 Å². The first-order valence-electron chi connectivity index (χ1n) is 11.2. The highest BCUT2D eigenvalue weighted by atomic mass is 127. The van der Waals surface area contributed by atoms with Gasteiger partial charge in [0.2, 0.25) is 5.91 Å². The fourth-order valence-corrected chi connectivity index (χ4v) is 4.19.